The van der Waals surface area contributed by atoms with Crippen molar-refractivity contribution in [3.05, 3.63) is 133 Å². The van der Waals surface area contributed by atoms with Crippen molar-refractivity contribution in [3.63, 3.8) is 0 Å². The molecule has 0 aliphatic heterocycles. The van der Waals surface area contributed by atoms with Crippen LogP contribution >= 0.6 is 0 Å². The van der Waals surface area contributed by atoms with E-state index in [0.29, 0.717) is 36.4 Å². The molecule has 6 aromatic rings. The van der Waals surface area contributed by atoms with Crippen molar-refractivity contribution >= 4 is 49.2 Å². The third kappa shape index (κ3) is 7.39. The Bertz CT molecular complexity index is 2640. The van der Waals surface area contributed by atoms with Gasteiger partial charge in [-0.2, -0.15) is 0 Å². The second-order valence-electron chi connectivity index (χ2n) is 11.8. The molecule has 0 fully saturated rings. The number of rotatable bonds is 10. The maximum absolute atomic E-state index is 14.6. The van der Waals surface area contributed by atoms with Crippen molar-refractivity contribution < 1.29 is 62.5 Å². The molecule has 284 valence electrons. The second-order valence-corrected chi connectivity index (χ2v) is 21.5. The molecule has 0 heterocycles. The summed E-state index contributed by atoms with van der Waals surface area (Å²) in [6.45, 7) is 0. The number of sulfone groups is 5. The quantitative estimate of drug-likeness (QED) is 0.146. The first kappa shape index (κ1) is 39.0. The van der Waals surface area contributed by atoms with Gasteiger partial charge in [0.1, 0.15) is 23.0 Å². The van der Waals surface area contributed by atoms with Crippen molar-refractivity contribution in [1.29, 1.82) is 0 Å². The van der Waals surface area contributed by atoms with E-state index in [1.54, 1.807) is 0 Å². The van der Waals surface area contributed by atoms with E-state index in [1.807, 2.05) is 0 Å². The zero-order chi connectivity index (χ0) is 40.1. The molecule has 14 nitrogen and oxygen atoms in total. The summed E-state index contributed by atoms with van der Waals surface area (Å²) in [5, 5.41) is 38.9. The van der Waals surface area contributed by atoms with Crippen LogP contribution in [0.25, 0.3) is 0 Å². The first-order valence-corrected chi connectivity index (χ1v) is 22.8. The Labute approximate surface area is 315 Å². The molecule has 4 N–H and O–H groups in total. The maximum atomic E-state index is 14.6. The van der Waals surface area contributed by atoms with Crippen molar-refractivity contribution in [2.75, 3.05) is 0 Å². The number of benzene rings is 6. The van der Waals surface area contributed by atoms with Crippen molar-refractivity contribution in [1.82, 2.24) is 0 Å². The largest absolute Gasteiger partial charge is 0.508 e. The van der Waals surface area contributed by atoms with E-state index in [-0.39, 0.29) is 23.0 Å². The number of aromatic hydroxyl groups is 4. The van der Waals surface area contributed by atoms with E-state index < -0.39 is 98.1 Å². The molecule has 0 aliphatic rings. The molecular formula is C36H26O14S5. The Morgan fingerprint density at radius 2 is 0.345 bits per heavy atom. The topological polar surface area (TPSA) is 252 Å². The highest BCUT2D eigenvalue weighted by Gasteiger charge is 2.32. The predicted molar refractivity (Wildman–Crippen MR) is 193 cm³/mol. The third-order valence-corrected chi connectivity index (χ3v) is 16.9. The van der Waals surface area contributed by atoms with E-state index in [0.717, 1.165) is 97.1 Å². The number of hydrogen-bond donors (Lipinski definition) is 4. The lowest BCUT2D eigenvalue weighted by Crippen LogP contribution is -2.12. The Balaban J connectivity index is 1.64. The Morgan fingerprint density at radius 1 is 0.218 bits per heavy atom. The van der Waals surface area contributed by atoms with E-state index in [9.17, 15) is 62.5 Å². The Hall–Kier alpha value is -5.73. The fourth-order valence-corrected chi connectivity index (χ4v) is 12.4. The molecule has 0 atom stereocenters. The van der Waals surface area contributed by atoms with Gasteiger partial charge in [0.05, 0.1) is 49.0 Å². The molecule has 0 amide bonds. The average molecular weight is 843 g/mol. The van der Waals surface area contributed by atoms with Crippen LogP contribution in [0.5, 0.6) is 23.0 Å². The van der Waals surface area contributed by atoms with Gasteiger partial charge in [0, 0.05) is 0 Å². The molecule has 0 radical (unpaired) electrons. The number of hydrogen-bond acceptors (Lipinski definition) is 14. The summed E-state index contributed by atoms with van der Waals surface area (Å²) in [5.74, 6) is -1.26. The van der Waals surface area contributed by atoms with Gasteiger partial charge in [0.2, 0.25) is 49.2 Å². The van der Waals surface area contributed by atoms with Crippen molar-refractivity contribution in [2.45, 2.75) is 49.0 Å². The summed E-state index contributed by atoms with van der Waals surface area (Å²) in [5.41, 5.74) is 0. The lowest BCUT2D eigenvalue weighted by molar-refractivity contribution is 0.474. The summed E-state index contributed by atoms with van der Waals surface area (Å²) in [4.78, 5) is -7.34. The molecule has 0 aliphatic carbocycles. The average Bonchev–Trinajstić information content (AvgIpc) is 3.15. The van der Waals surface area contributed by atoms with Crippen LogP contribution in [0.3, 0.4) is 0 Å². The summed E-state index contributed by atoms with van der Waals surface area (Å²) in [7, 11) is -24.2. The molecule has 19 heteroatoms. The lowest BCUT2D eigenvalue weighted by Gasteiger charge is -2.15. The summed E-state index contributed by atoms with van der Waals surface area (Å²) in [6.07, 6.45) is 0. The van der Waals surface area contributed by atoms with Gasteiger partial charge in [-0.15, -0.1) is 0 Å². The fraction of sp³-hybridized carbons (Fsp3) is 0. The highest BCUT2D eigenvalue weighted by Crippen LogP contribution is 2.36. The van der Waals surface area contributed by atoms with Gasteiger partial charge in [0.15, 0.2) is 0 Å². The van der Waals surface area contributed by atoms with Gasteiger partial charge in [-0.3, -0.25) is 0 Å². The molecule has 0 saturated carbocycles. The standard InChI is InChI=1S/C36H26O14S5/c37-23-1-9-27(10-2-23)51(41,42)31-17-32(52(43,44)28-11-3-24(38)4-12-28)20-35(19-31)55(49,50)36-21-33(53(45,46)29-13-5-25(39)6-14-29)18-34(22-36)54(47,48)30-15-7-26(40)8-16-30/h1-22,37-40H. The van der Waals surface area contributed by atoms with E-state index >= 15 is 0 Å². The monoisotopic (exact) mass is 842 g/mol. The number of phenols is 4. The fourth-order valence-electron chi connectivity index (χ4n) is 5.20. The van der Waals surface area contributed by atoms with Crippen LogP contribution in [-0.4, -0.2) is 62.5 Å². The first-order chi connectivity index (χ1) is 25.6. The van der Waals surface area contributed by atoms with Crippen LogP contribution < -0.4 is 0 Å². The highest BCUT2D eigenvalue weighted by molar-refractivity contribution is 7.94. The summed E-state index contributed by atoms with van der Waals surface area (Å²) >= 11 is 0. The Morgan fingerprint density at radius 3 is 0.491 bits per heavy atom. The van der Waals surface area contributed by atoms with Gasteiger partial charge in [-0.25, -0.2) is 42.1 Å². The van der Waals surface area contributed by atoms with Crippen LogP contribution in [0.4, 0.5) is 0 Å². The molecule has 0 bridgehead atoms. The SMILES string of the molecule is O=S(=O)(c1ccc(O)cc1)c1cc(S(=O)(=O)c2ccc(O)cc2)cc(S(=O)(=O)c2cc(S(=O)(=O)c3ccc(O)cc3)cc(S(=O)(=O)c3ccc(O)cc3)c2)c1. The molecule has 0 unspecified atom stereocenters. The molecule has 6 aromatic carbocycles. The second kappa shape index (κ2) is 13.8. The zero-order valence-electron chi connectivity index (χ0n) is 27.6. The minimum Gasteiger partial charge on any atom is -0.508 e. The Kier molecular flexibility index (Phi) is 9.81. The molecule has 6 rings (SSSR count). The van der Waals surface area contributed by atoms with Crippen molar-refractivity contribution in [3.8, 4) is 23.0 Å². The lowest BCUT2D eigenvalue weighted by atomic mass is 10.3. The summed E-state index contributed by atoms with van der Waals surface area (Å²) in [6, 6.07) is 19.9. The molecule has 55 heavy (non-hydrogen) atoms. The van der Waals surface area contributed by atoms with Crippen LogP contribution in [0.2, 0.25) is 0 Å². The van der Waals surface area contributed by atoms with E-state index in [1.165, 1.54) is 0 Å². The first-order valence-electron chi connectivity index (χ1n) is 15.4. The van der Waals surface area contributed by atoms with Crippen LogP contribution in [0.15, 0.2) is 182 Å². The zero-order valence-corrected chi connectivity index (χ0v) is 31.7. The third-order valence-electron chi connectivity index (χ3n) is 8.16. The van der Waals surface area contributed by atoms with Gasteiger partial charge < -0.3 is 20.4 Å². The molecule has 0 spiro atoms. The van der Waals surface area contributed by atoms with Gasteiger partial charge in [0.25, 0.3) is 0 Å². The van der Waals surface area contributed by atoms with Gasteiger partial charge >= 0.3 is 0 Å². The van der Waals surface area contributed by atoms with E-state index in [4.69, 9.17) is 0 Å². The van der Waals surface area contributed by atoms with Gasteiger partial charge in [-0.1, -0.05) is 0 Å². The maximum Gasteiger partial charge on any atom is 0.206 e. The van der Waals surface area contributed by atoms with Crippen LogP contribution in [0.1, 0.15) is 0 Å². The van der Waals surface area contributed by atoms with Crippen molar-refractivity contribution in [2.24, 2.45) is 0 Å². The minimum atomic E-state index is -5.24. The van der Waals surface area contributed by atoms with E-state index in [2.05, 4.69) is 0 Å². The smallest absolute Gasteiger partial charge is 0.206 e. The molecule has 0 aromatic heterocycles. The molecular weight excluding hydrogens is 817 g/mol. The normalized spacial score (nSPS) is 12.7. The molecule has 0 saturated heterocycles. The minimum absolute atomic E-state index is 0.314. The predicted octanol–water partition coefficient (Wildman–Crippen LogP) is 4.67. The summed E-state index contributed by atoms with van der Waals surface area (Å²) < 4.78 is 140. The van der Waals surface area contributed by atoms with Gasteiger partial charge in [-0.05, 0) is 133 Å². The van der Waals surface area contributed by atoms with Crippen LogP contribution in [-0.2, 0) is 49.2 Å². The number of phenolic OH excluding ortho intramolecular Hbond substituents is 4. The van der Waals surface area contributed by atoms with Crippen LogP contribution in [0, 0.1) is 0 Å². The highest BCUT2D eigenvalue weighted by atomic mass is 32.2.